The Hall–Kier alpha value is -2.98. The number of nitro benzene ring substituents is 1. The molecule has 1 aromatic heterocycles. The molecule has 35 heavy (non-hydrogen) atoms. The predicted molar refractivity (Wildman–Crippen MR) is 135 cm³/mol. The van der Waals surface area contributed by atoms with E-state index in [1.807, 2.05) is 0 Å². The Morgan fingerprint density at radius 2 is 1.86 bits per heavy atom. The van der Waals surface area contributed by atoms with E-state index in [1.165, 1.54) is 36.4 Å². The van der Waals surface area contributed by atoms with Crippen molar-refractivity contribution in [1.29, 1.82) is 0 Å². The second-order valence-corrected chi connectivity index (χ2v) is 11.8. The van der Waals surface area contributed by atoms with Gasteiger partial charge in [0.25, 0.3) is 11.6 Å². The number of nitro groups is 1. The largest absolute Gasteiger partial charge is 0.457 e. The lowest BCUT2D eigenvalue weighted by molar-refractivity contribution is -0.384. The molecule has 1 saturated heterocycles. The van der Waals surface area contributed by atoms with Crippen LogP contribution in [0.15, 0.2) is 45.7 Å². The number of nitrogens with zero attached hydrogens (tertiary/aromatic N) is 2. The third-order valence-corrected chi connectivity index (χ3v) is 9.07. The van der Waals surface area contributed by atoms with E-state index in [-0.39, 0.29) is 27.2 Å². The van der Waals surface area contributed by atoms with Gasteiger partial charge in [-0.2, -0.15) is 5.01 Å². The molecule has 1 N–H and O–H groups in total. The van der Waals surface area contributed by atoms with E-state index >= 15 is 0 Å². The molecule has 2 aromatic rings. The summed E-state index contributed by atoms with van der Waals surface area (Å²) in [4.78, 5) is 37.4. The van der Waals surface area contributed by atoms with Gasteiger partial charge in [-0.25, -0.2) is 0 Å². The molecule has 0 unspecified atom stereocenters. The minimum Gasteiger partial charge on any atom is -0.457 e. The maximum Gasteiger partial charge on any atom is 0.285 e. The lowest BCUT2D eigenvalue weighted by Gasteiger charge is -2.55. The van der Waals surface area contributed by atoms with Gasteiger partial charge in [0.05, 0.1) is 15.2 Å². The van der Waals surface area contributed by atoms with Crippen molar-refractivity contribution in [2.24, 2.45) is 23.2 Å². The minimum absolute atomic E-state index is 0.0314. The summed E-state index contributed by atoms with van der Waals surface area (Å²) in [6.07, 6.45) is 8.00. The molecule has 8 nitrogen and oxygen atoms in total. The van der Waals surface area contributed by atoms with E-state index in [9.17, 15) is 19.7 Å². The maximum absolute atomic E-state index is 13.4. The van der Waals surface area contributed by atoms with Crippen LogP contribution < -0.4 is 5.43 Å². The van der Waals surface area contributed by atoms with Crippen LogP contribution in [0.5, 0.6) is 0 Å². The van der Waals surface area contributed by atoms with Crippen molar-refractivity contribution in [2.75, 3.05) is 0 Å². The monoisotopic (exact) mass is 509 g/mol. The van der Waals surface area contributed by atoms with Gasteiger partial charge in [-0.3, -0.25) is 25.1 Å². The lowest BCUT2D eigenvalue weighted by Crippen LogP contribution is -2.57. The van der Waals surface area contributed by atoms with E-state index in [0.717, 1.165) is 31.0 Å². The zero-order valence-corrected chi connectivity index (χ0v) is 20.4. The number of carbonyl (C=O) groups is 2. The van der Waals surface area contributed by atoms with Crippen LogP contribution in [-0.2, 0) is 9.59 Å². The Morgan fingerprint density at radius 3 is 2.51 bits per heavy atom. The molecule has 4 aliphatic carbocycles. The average molecular weight is 510 g/mol. The molecule has 0 radical (unpaired) electrons. The second kappa shape index (κ2) is 8.30. The Kier molecular flexibility index (Phi) is 5.33. The molecule has 180 valence electrons. The maximum atomic E-state index is 13.4. The van der Waals surface area contributed by atoms with Gasteiger partial charge < -0.3 is 4.42 Å². The van der Waals surface area contributed by atoms with Crippen LogP contribution in [0, 0.1) is 33.3 Å². The number of furan rings is 1. The molecular weight excluding hydrogens is 486 g/mol. The number of rotatable bonds is 5. The number of carbonyl (C=O) groups excluding carboxylic acids is 2. The number of thiocarbonyl (C=S) groups is 1. The number of amides is 2. The molecule has 4 bridgehead atoms. The van der Waals surface area contributed by atoms with Crippen molar-refractivity contribution in [1.82, 2.24) is 10.4 Å². The van der Waals surface area contributed by atoms with Gasteiger partial charge in [0.2, 0.25) is 5.91 Å². The number of thioether (sulfide) groups is 1. The summed E-state index contributed by atoms with van der Waals surface area (Å²) in [5.41, 5.74) is 3.00. The summed E-state index contributed by atoms with van der Waals surface area (Å²) in [6.45, 7) is 0. The van der Waals surface area contributed by atoms with Crippen LogP contribution in [-0.4, -0.2) is 26.1 Å². The Bertz CT molecular complexity index is 1260. The fourth-order valence-electron chi connectivity index (χ4n) is 6.66. The first kappa shape index (κ1) is 22.5. The highest BCUT2D eigenvalue weighted by Gasteiger charge is 2.55. The Morgan fingerprint density at radius 1 is 1.17 bits per heavy atom. The number of nitrogens with one attached hydrogen (secondary N) is 1. The topological polar surface area (TPSA) is 106 Å². The van der Waals surface area contributed by atoms with Crippen LogP contribution in [0.1, 0.15) is 44.3 Å². The van der Waals surface area contributed by atoms with E-state index in [4.69, 9.17) is 16.6 Å². The fraction of sp³-hybridized carbons (Fsp3) is 0.400. The third kappa shape index (κ3) is 3.98. The van der Waals surface area contributed by atoms with Gasteiger partial charge in [-0.05, 0) is 80.6 Å². The second-order valence-electron chi connectivity index (χ2n) is 10.2. The predicted octanol–water partition coefficient (Wildman–Crippen LogP) is 5.30. The summed E-state index contributed by atoms with van der Waals surface area (Å²) in [7, 11) is 0. The normalized spacial score (nSPS) is 30.3. The molecule has 10 heteroatoms. The first-order chi connectivity index (χ1) is 16.8. The van der Waals surface area contributed by atoms with Crippen LogP contribution in [0.2, 0.25) is 0 Å². The summed E-state index contributed by atoms with van der Waals surface area (Å²) in [6, 6.07) is 9.54. The number of hydrogen-bond acceptors (Lipinski definition) is 7. The van der Waals surface area contributed by atoms with E-state index in [2.05, 4.69) is 5.43 Å². The summed E-state index contributed by atoms with van der Waals surface area (Å²) in [5.74, 6) is 2.27. The SMILES string of the molecule is O=C1/C(=C\c2ccc(-c3cccc([N+](=O)[O-])c3)o2)SC(=S)N1NC(=O)C12CC3CC(CC(C3)C1)C2. The fourth-order valence-corrected chi connectivity index (χ4v) is 7.82. The van der Waals surface area contributed by atoms with Gasteiger partial charge in [-0.15, -0.1) is 0 Å². The number of hydrogen-bond donors (Lipinski definition) is 1. The lowest BCUT2D eigenvalue weighted by atomic mass is 9.49. The highest BCUT2D eigenvalue weighted by Crippen LogP contribution is 2.60. The molecule has 0 spiro atoms. The van der Waals surface area contributed by atoms with Crippen molar-refractivity contribution in [2.45, 2.75) is 38.5 Å². The standard InChI is InChI=1S/C25H23N3O5S2/c29-22-21(10-19-4-5-20(33-19)17-2-1-3-18(9-17)28(31)32)35-24(34)27(22)26-23(30)25-11-14-6-15(12-25)8-16(7-14)13-25/h1-5,9-10,14-16H,6-8,11-13H2,(H,26,30)/b21-10+. The van der Waals surface area contributed by atoms with Crippen LogP contribution in [0.4, 0.5) is 5.69 Å². The van der Waals surface area contributed by atoms with Gasteiger partial charge in [-0.1, -0.05) is 23.9 Å². The van der Waals surface area contributed by atoms with E-state index in [0.29, 0.717) is 39.7 Å². The Balaban J connectivity index is 1.18. The molecule has 5 aliphatic rings. The molecule has 1 aliphatic heterocycles. The van der Waals surface area contributed by atoms with Gasteiger partial charge in [0.1, 0.15) is 11.5 Å². The number of hydrazine groups is 1. The first-order valence-corrected chi connectivity index (χ1v) is 13.0. The number of benzene rings is 1. The summed E-state index contributed by atoms with van der Waals surface area (Å²) < 4.78 is 6.10. The van der Waals surface area contributed by atoms with Crippen molar-refractivity contribution in [3.63, 3.8) is 0 Å². The van der Waals surface area contributed by atoms with Crippen LogP contribution >= 0.6 is 24.0 Å². The average Bonchev–Trinajstić information content (AvgIpc) is 3.38. The highest BCUT2D eigenvalue weighted by atomic mass is 32.2. The van der Waals surface area contributed by atoms with Gasteiger partial charge >= 0.3 is 0 Å². The van der Waals surface area contributed by atoms with E-state index in [1.54, 1.807) is 30.3 Å². The van der Waals surface area contributed by atoms with Crippen LogP contribution in [0.3, 0.4) is 0 Å². The molecule has 2 heterocycles. The zero-order chi connectivity index (χ0) is 24.3. The molecule has 4 saturated carbocycles. The summed E-state index contributed by atoms with van der Waals surface area (Å²) >= 11 is 6.52. The smallest absolute Gasteiger partial charge is 0.285 e. The molecule has 7 rings (SSSR count). The Labute approximate surface area is 211 Å². The van der Waals surface area contributed by atoms with Crippen molar-refractivity contribution in [3.8, 4) is 11.3 Å². The molecular formula is C25H23N3O5S2. The number of non-ortho nitro benzene ring substituents is 1. The van der Waals surface area contributed by atoms with Gasteiger partial charge in [0, 0.05) is 23.8 Å². The van der Waals surface area contributed by atoms with Crippen LogP contribution in [0.25, 0.3) is 17.4 Å². The summed E-state index contributed by atoms with van der Waals surface area (Å²) in [5, 5.41) is 12.2. The van der Waals surface area contributed by atoms with Crippen molar-refractivity contribution >= 4 is 51.9 Å². The first-order valence-electron chi connectivity index (χ1n) is 11.7. The van der Waals surface area contributed by atoms with E-state index < -0.39 is 4.92 Å². The van der Waals surface area contributed by atoms with Crippen molar-refractivity contribution < 1.29 is 18.9 Å². The van der Waals surface area contributed by atoms with Crippen molar-refractivity contribution in [3.05, 3.63) is 57.2 Å². The third-order valence-electron chi connectivity index (χ3n) is 7.77. The minimum atomic E-state index is -0.462. The molecule has 0 atom stereocenters. The molecule has 1 aromatic carbocycles. The quantitative estimate of drug-likeness (QED) is 0.252. The highest BCUT2D eigenvalue weighted by molar-refractivity contribution is 8.26. The molecule has 2 amide bonds. The molecule has 5 fully saturated rings. The van der Waals surface area contributed by atoms with Gasteiger partial charge in [0.15, 0.2) is 4.32 Å². The zero-order valence-electron chi connectivity index (χ0n) is 18.8.